The van der Waals surface area contributed by atoms with Gasteiger partial charge in [0.2, 0.25) is 5.69 Å². The molecule has 0 amide bonds. The van der Waals surface area contributed by atoms with Gasteiger partial charge in [0.15, 0.2) is 0 Å². The first kappa shape index (κ1) is 38.3. The summed E-state index contributed by atoms with van der Waals surface area (Å²) in [5.74, 6) is 0. The number of nitrogens with zero attached hydrogens (tertiary/aromatic N) is 6. The van der Waals surface area contributed by atoms with Gasteiger partial charge in [0.1, 0.15) is 0 Å². The average Bonchev–Trinajstić information content (AvgIpc) is 3.90. The molecule has 66 heavy (non-hydrogen) atoms. The summed E-state index contributed by atoms with van der Waals surface area (Å²) in [6.45, 7) is 9.20. The van der Waals surface area contributed by atoms with Crippen molar-refractivity contribution in [2.24, 2.45) is 0 Å². The molecule has 8 aromatic carbocycles. The molecule has 0 aliphatic heterocycles. The number of hydrogen-bond acceptors (Lipinski definition) is 3. The van der Waals surface area contributed by atoms with Crippen LogP contribution in [0.2, 0.25) is 0 Å². The third-order valence-electron chi connectivity index (χ3n) is 12.7. The Morgan fingerprint density at radius 1 is 0.409 bits per heavy atom. The van der Waals surface area contributed by atoms with E-state index < -0.39 is 0 Å². The van der Waals surface area contributed by atoms with Crippen molar-refractivity contribution in [1.29, 1.82) is 5.26 Å². The van der Waals surface area contributed by atoms with E-state index in [9.17, 15) is 11.8 Å². The summed E-state index contributed by atoms with van der Waals surface area (Å²) in [5, 5.41) is 14.4. The van der Waals surface area contributed by atoms with Crippen LogP contribution in [0.3, 0.4) is 0 Å². The quantitative estimate of drug-likeness (QED) is 0.150. The minimum atomic E-state index is 0.488. The number of para-hydroxylation sites is 2. The molecule has 6 heteroatoms. The van der Waals surface area contributed by atoms with E-state index in [2.05, 4.69) is 166 Å². The summed E-state index contributed by atoms with van der Waals surface area (Å²) >= 11 is 0. The summed E-state index contributed by atoms with van der Waals surface area (Å²) < 4.78 is 4.52. The van der Waals surface area contributed by atoms with Gasteiger partial charge in [-0.1, -0.05) is 140 Å². The molecular formula is C60H36N6. The topological polar surface area (TPSA) is 63.8 Å². The van der Waals surface area contributed by atoms with Crippen LogP contribution < -0.4 is 0 Å². The second-order valence-electron chi connectivity index (χ2n) is 16.4. The molecule has 12 aromatic rings. The largest absolute Gasteiger partial charge is 0.319 e. The lowest BCUT2D eigenvalue weighted by atomic mass is 9.98. The summed E-state index contributed by atoms with van der Waals surface area (Å²) in [5.41, 5.74) is 16.2. The number of hydrogen-bond donors (Lipinski definition) is 0. The van der Waals surface area contributed by atoms with Crippen molar-refractivity contribution in [2.45, 2.75) is 0 Å². The summed E-state index contributed by atoms with van der Waals surface area (Å²) in [6, 6.07) is 73.1. The van der Waals surface area contributed by atoms with Crippen molar-refractivity contribution >= 4 is 49.3 Å². The Bertz CT molecular complexity index is 3960. The summed E-state index contributed by atoms with van der Waals surface area (Å²) in [7, 11) is 0. The Morgan fingerprint density at radius 3 is 1.48 bits per heavy atom. The fourth-order valence-electron chi connectivity index (χ4n) is 9.63. The molecule has 0 spiro atoms. The molecule has 0 saturated carbocycles. The van der Waals surface area contributed by atoms with Crippen molar-refractivity contribution in [3.05, 3.63) is 236 Å². The van der Waals surface area contributed by atoms with Gasteiger partial charge in [0, 0.05) is 45.1 Å². The summed E-state index contributed by atoms with van der Waals surface area (Å²) in [6.07, 6.45) is 3.74. The molecule has 0 saturated heterocycles. The molecule has 0 bridgehead atoms. The lowest BCUT2D eigenvalue weighted by Gasteiger charge is -2.20. The second-order valence-corrected chi connectivity index (χ2v) is 16.4. The predicted octanol–water partition coefficient (Wildman–Crippen LogP) is 15.4. The van der Waals surface area contributed by atoms with Gasteiger partial charge in [-0.3, -0.25) is 9.97 Å². The first-order chi connectivity index (χ1) is 32.6. The highest BCUT2D eigenvalue weighted by atomic mass is 15.1. The first-order valence-electron chi connectivity index (χ1n) is 21.8. The number of nitriles is 1. The van der Waals surface area contributed by atoms with Crippen LogP contribution in [-0.4, -0.2) is 19.1 Å². The number of aromatic nitrogens is 4. The molecule has 0 radical (unpaired) electrons. The Kier molecular flexibility index (Phi) is 9.16. The molecule has 6 nitrogen and oxygen atoms in total. The molecule has 0 atom stereocenters. The molecule has 12 rings (SSSR count). The zero-order valence-electron chi connectivity index (χ0n) is 35.5. The zero-order valence-corrected chi connectivity index (χ0v) is 35.5. The summed E-state index contributed by atoms with van der Waals surface area (Å²) in [4.78, 5) is 14.0. The SMILES string of the molecule is [C-]#[N+]c1c(-n2c3ccccc3c3ccc(-c4ccnc(-c5ccccc5)c4)cc32)ccc(-c2cccc(C#N)c2)c1-n1c2ccccc2c2ccc(-c3ccnc(-c4ccccc4)c3)cc21. The molecule has 306 valence electrons. The van der Waals surface area contributed by atoms with Crippen molar-refractivity contribution in [3.8, 4) is 73.3 Å². The smallest absolute Gasteiger partial charge is 0.234 e. The molecular weight excluding hydrogens is 805 g/mol. The maximum Gasteiger partial charge on any atom is 0.234 e. The van der Waals surface area contributed by atoms with Crippen LogP contribution in [0, 0.1) is 17.9 Å². The van der Waals surface area contributed by atoms with E-state index in [-0.39, 0.29) is 0 Å². The van der Waals surface area contributed by atoms with Crippen LogP contribution in [0.5, 0.6) is 0 Å². The highest BCUT2D eigenvalue weighted by Gasteiger charge is 2.25. The van der Waals surface area contributed by atoms with Crippen LogP contribution in [-0.2, 0) is 0 Å². The van der Waals surface area contributed by atoms with E-state index in [1.165, 1.54) is 0 Å². The second kappa shape index (κ2) is 15.8. The van der Waals surface area contributed by atoms with Gasteiger partial charge in [0.25, 0.3) is 0 Å². The van der Waals surface area contributed by atoms with Gasteiger partial charge in [0.05, 0.1) is 63.0 Å². The van der Waals surface area contributed by atoms with E-state index in [4.69, 9.17) is 9.97 Å². The minimum absolute atomic E-state index is 0.488. The van der Waals surface area contributed by atoms with Crippen molar-refractivity contribution in [1.82, 2.24) is 19.1 Å². The maximum absolute atomic E-state index is 10.1. The minimum Gasteiger partial charge on any atom is -0.319 e. The number of pyridine rings is 2. The van der Waals surface area contributed by atoms with Crippen molar-refractivity contribution in [3.63, 3.8) is 0 Å². The molecule has 0 N–H and O–H groups in total. The Morgan fingerprint density at radius 2 is 0.909 bits per heavy atom. The Labute approximate surface area is 381 Å². The van der Waals surface area contributed by atoms with Crippen LogP contribution >= 0.6 is 0 Å². The van der Waals surface area contributed by atoms with Gasteiger partial charge < -0.3 is 9.13 Å². The maximum atomic E-state index is 10.1. The van der Waals surface area contributed by atoms with Gasteiger partial charge in [-0.25, -0.2) is 4.85 Å². The van der Waals surface area contributed by atoms with Crippen LogP contribution in [0.1, 0.15) is 5.56 Å². The third kappa shape index (κ3) is 6.33. The number of benzene rings is 8. The third-order valence-corrected chi connectivity index (χ3v) is 12.7. The van der Waals surface area contributed by atoms with E-state index in [1.807, 2.05) is 73.1 Å². The molecule has 0 aliphatic carbocycles. The number of rotatable bonds is 7. The average molecular weight is 841 g/mol. The predicted molar refractivity (Wildman–Crippen MR) is 269 cm³/mol. The van der Waals surface area contributed by atoms with Gasteiger partial charge in [-0.15, -0.1) is 0 Å². The highest BCUT2D eigenvalue weighted by Crippen LogP contribution is 2.47. The molecule has 0 aliphatic rings. The van der Waals surface area contributed by atoms with Crippen LogP contribution in [0.15, 0.2) is 219 Å². The van der Waals surface area contributed by atoms with E-state index in [0.29, 0.717) is 11.3 Å². The van der Waals surface area contributed by atoms with Crippen LogP contribution in [0.25, 0.3) is 116 Å². The molecule has 0 unspecified atom stereocenters. The highest BCUT2D eigenvalue weighted by molar-refractivity contribution is 6.13. The monoisotopic (exact) mass is 840 g/mol. The Balaban J connectivity index is 1.14. The fraction of sp³-hybridized carbons (Fsp3) is 0. The standard InChI is InChI=1S/C60H36N6/c1-62-59-56(65-54-21-10-8-19-48(54)50-25-23-42(36-57(50)65)44-29-31-63-52(34-44)40-14-4-2-5-15-40)28-27-47(46-18-12-13-39(33-46)38-61)60(59)66-55-22-11-9-20-49(55)51-26-24-43(37-58(51)66)45-30-32-64-53(35-45)41-16-6-3-7-17-41/h2-37H. The van der Waals surface area contributed by atoms with Gasteiger partial charge >= 0.3 is 0 Å². The lowest BCUT2D eigenvalue weighted by Crippen LogP contribution is -2.03. The van der Waals surface area contributed by atoms with Crippen molar-refractivity contribution in [2.75, 3.05) is 0 Å². The molecule has 4 heterocycles. The van der Waals surface area contributed by atoms with E-state index in [1.54, 1.807) is 0 Å². The molecule has 4 aromatic heterocycles. The lowest BCUT2D eigenvalue weighted by molar-refractivity contribution is 1.15. The van der Waals surface area contributed by atoms with Gasteiger partial charge in [-0.2, -0.15) is 5.26 Å². The normalized spacial score (nSPS) is 11.3. The fourth-order valence-corrected chi connectivity index (χ4v) is 9.63. The van der Waals surface area contributed by atoms with E-state index in [0.717, 1.165) is 111 Å². The number of fused-ring (bicyclic) bond motifs is 6. The first-order valence-corrected chi connectivity index (χ1v) is 21.8. The Hall–Kier alpha value is -9.36. The molecule has 0 fully saturated rings. The zero-order chi connectivity index (χ0) is 44.1. The van der Waals surface area contributed by atoms with E-state index >= 15 is 0 Å². The van der Waals surface area contributed by atoms with Gasteiger partial charge in [-0.05, 0) is 100 Å². The van der Waals surface area contributed by atoms with Crippen molar-refractivity contribution < 1.29 is 0 Å². The van der Waals surface area contributed by atoms with Crippen LogP contribution in [0.4, 0.5) is 5.69 Å².